The first kappa shape index (κ1) is 12.3. The molecule has 0 saturated carbocycles. The molecule has 2 N–H and O–H groups in total. The molecule has 0 aliphatic heterocycles. The van der Waals surface area contributed by atoms with E-state index in [1.165, 1.54) is 0 Å². The predicted molar refractivity (Wildman–Crippen MR) is 73.9 cm³/mol. The highest BCUT2D eigenvalue weighted by Gasteiger charge is 2.11. The number of aromatic nitrogens is 2. The molecule has 0 fully saturated rings. The Balaban J connectivity index is 1.89. The fourth-order valence-corrected chi connectivity index (χ4v) is 1.84. The first-order valence-electron chi connectivity index (χ1n) is 6.19. The number of hydrogen-bond donors (Lipinski definition) is 1. The minimum absolute atomic E-state index is 0.494. The van der Waals surface area contributed by atoms with E-state index < -0.39 is 0 Å². The summed E-state index contributed by atoms with van der Waals surface area (Å²) in [6.07, 6.45) is 0. The fraction of sp³-hybridized carbons (Fsp3) is 0.143. The van der Waals surface area contributed by atoms with Crippen molar-refractivity contribution in [1.29, 1.82) is 0 Å². The lowest BCUT2D eigenvalue weighted by atomic mass is 10.2. The van der Waals surface area contributed by atoms with E-state index in [1.54, 1.807) is 12.1 Å². The maximum atomic E-state index is 5.78. The van der Waals surface area contributed by atoms with Crippen LogP contribution in [0.4, 0.5) is 5.69 Å². The predicted octanol–water partition coefficient (Wildman–Crippen LogP) is 3.00. The molecule has 1 aromatic heterocycles. The SMILES string of the molecule is CCOc1ccc(Oc2ccc(N)c3nonc23)cc1. The maximum absolute atomic E-state index is 5.78. The molecular weight excluding hydrogens is 258 g/mol. The lowest BCUT2D eigenvalue weighted by Gasteiger charge is -2.07. The Morgan fingerprint density at radius 2 is 1.70 bits per heavy atom. The summed E-state index contributed by atoms with van der Waals surface area (Å²) in [5, 5.41) is 7.55. The number of nitrogens with zero attached hydrogens (tertiary/aromatic N) is 2. The summed E-state index contributed by atoms with van der Waals surface area (Å²) < 4.78 is 15.8. The molecule has 0 bridgehead atoms. The van der Waals surface area contributed by atoms with Crippen LogP contribution in [0.3, 0.4) is 0 Å². The molecule has 0 spiro atoms. The molecular formula is C14H13N3O3. The summed E-state index contributed by atoms with van der Waals surface area (Å²) >= 11 is 0. The van der Waals surface area contributed by atoms with Crippen LogP contribution in [-0.4, -0.2) is 16.9 Å². The van der Waals surface area contributed by atoms with E-state index in [4.69, 9.17) is 19.8 Å². The normalized spacial score (nSPS) is 10.7. The number of anilines is 1. The molecule has 20 heavy (non-hydrogen) atoms. The van der Waals surface area contributed by atoms with E-state index >= 15 is 0 Å². The van der Waals surface area contributed by atoms with Crippen LogP contribution in [0, 0.1) is 0 Å². The van der Waals surface area contributed by atoms with Crippen LogP contribution < -0.4 is 15.2 Å². The standard InChI is InChI=1S/C14H13N3O3/c1-2-18-9-3-5-10(6-4-9)19-12-8-7-11(15)13-14(12)17-20-16-13/h3-8H,2,15H2,1H3. The van der Waals surface area contributed by atoms with E-state index in [0.29, 0.717) is 34.8 Å². The average molecular weight is 271 g/mol. The Morgan fingerprint density at radius 3 is 2.45 bits per heavy atom. The second-order valence-corrected chi connectivity index (χ2v) is 4.12. The molecule has 2 aromatic carbocycles. The van der Waals surface area contributed by atoms with Gasteiger partial charge in [0.15, 0.2) is 16.8 Å². The third-order valence-corrected chi connectivity index (χ3v) is 2.77. The molecule has 6 heteroatoms. The lowest BCUT2D eigenvalue weighted by Crippen LogP contribution is -1.92. The van der Waals surface area contributed by atoms with Crippen molar-refractivity contribution in [2.24, 2.45) is 0 Å². The van der Waals surface area contributed by atoms with Crippen LogP contribution in [0.25, 0.3) is 11.0 Å². The van der Waals surface area contributed by atoms with Crippen LogP contribution >= 0.6 is 0 Å². The summed E-state index contributed by atoms with van der Waals surface area (Å²) in [4.78, 5) is 0. The highest BCUT2D eigenvalue weighted by molar-refractivity contribution is 5.90. The molecule has 3 rings (SSSR count). The number of hydrogen-bond acceptors (Lipinski definition) is 6. The van der Waals surface area contributed by atoms with Gasteiger partial charge in [-0.15, -0.1) is 0 Å². The van der Waals surface area contributed by atoms with Crippen LogP contribution in [0.2, 0.25) is 0 Å². The van der Waals surface area contributed by atoms with Crippen molar-refractivity contribution in [1.82, 2.24) is 10.3 Å². The Kier molecular flexibility index (Phi) is 3.12. The molecule has 1 heterocycles. The van der Waals surface area contributed by atoms with Crippen molar-refractivity contribution >= 4 is 16.7 Å². The molecule has 0 unspecified atom stereocenters. The van der Waals surface area contributed by atoms with Gasteiger partial charge in [0.25, 0.3) is 0 Å². The molecule has 3 aromatic rings. The highest BCUT2D eigenvalue weighted by atomic mass is 16.6. The molecule has 0 atom stereocenters. The Hall–Kier alpha value is -2.76. The third-order valence-electron chi connectivity index (χ3n) is 2.77. The maximum Gasteiger partial charge on any atom is 0.179 e. The molecule has 6 nitrogen and oxygen atoms in total. The zero-order valence-corrected chi connectivity index (χ0v) is 10.9. The van der Waals surface area contributed by atoms with Gasteiger partial charge in [0, 0.05) is 0 Å². The minimum Gasteiger partial charge on any atom is -0.494 e. The highest BCUT2D eigenvalue weighted by Crippen LogP contribution is 2.31. The molecule has 0 radical (unpaired) electrons. The molecule has 0 aliphatic carbocycles. The van der Waals surface area contributed by atoms with E-state index in [2.05, 4.69) is 10.3 Å². The molecule has 102 valence electrons. The third kappa shape index (κ3) is 2.23. The van der Waals surface area contributed by atoms with E-state index in [0.717, 1.165) is 5.75 Å². The summed E-state index contributed by atoms with van der Waals surface area (Å²) in [6.45, 7) is 2.57. The van der Waals surface area contributed by atoms with Crippen molar-refractivity contribution in [3.8, 4) is 17.2 Å². The number of nitrogens with two attached hydrogens (primary N) is 1. The number of nitrogen functional groups attached to an aromatic ring is 1. The molecule has 0 amide bonds. The van der Waals surface area contributed by atoms with Crippen LogP contribution in [0.15, 0.2) is 41.0 Å². The summed E-state index contributed by atoms with van der Waals surface area (Å²) in [5.41, 5.74) is 7.27. The fourth-order valence-electron chi connectivity index (χ4n) is 1.84. The first-order chi connectivity index (χ1) is 9.78. The Labute approximate surface area is 115 Å². The van der Waals surface area contributed by atoms with Gasteiger partial charge in [0.1, 0.15) is 11.5 Å². The van der Waals surface area contributed by atoms with Crippen LogP contribution in [-0.2, 0) is 0 Å². The van der Waals surface area contributed by atoms with Gasteiger partial charge in [0.05, 0.1) is 12.3 Å². The average Bonchev–Trinajstić information content (AvgIpc) is 2.95. The number of benzene rings is 2. The summed E-state index contributed by atoms with van der Waals surface area (Å²) in [6, 6.07) is 10.8. The van der Waals surface area contributed by atoms with Crippen molar-refractivity contribution in [3.63, 3.8) is 0 Å². The summed E-state index contributed by atoms with van der Waals surface area (Å²) in [7, 11) is 0. The van der Waals surface area contributed by atoms with Gasteiger partial charge in [-0.1, -0.05) is 0 Å². The van der Waals surface area contributed by atoms with Crippen LogP contribution in [0.5, 0.6) is 17.2 Å². The van der Waals surface area contributed by atoms with Gasteiger partial charge >= 0.3 is 0 Å². The Bertz CT molecular complexity index is 722. The van der Waals surface area contributed by atoms with Gasteiger partial charge in [-0.05, 0) is 53.6 Å². The lowest BCUT2D eigenvalue weighted by molar-refractivity contribution is 0.314. The minimum atomic E-state index is 0.494. The monoisotopic (exact) mass is 271 g/mol. The van der Waals surface area contributed by atoms with E-state index in [-0.39, 0.29) is 0 Å². The number of fused-ring (bicyclic) bond motifs is 1. The molecule has 0 aliphatic rings. The second kappa shape index (κ2) is 5.08. The largest absolute Gasteiger partial charge is 0.494 e. The van der Waals surface area contributed by atoms with Crippen molar-refractivity contribution in [2.75, 3.05) is 12.3 Å². The van der Waals surface area contributed by atoms with E-state index in [1.807, 2.05) is 31.2 Å². The van der Waals surface area contributed by atoms with Gasteiger partial charge < -0.3 is 15.2 Å². The smallest absolute Gasteiger partial charge is 0.179 e. The Morgan fingerprint density at radius 1 is 1.00 bits per heavy atom. The van der Waals surface area contributed by atoms with Gasteiger partial charge in [0.2, 0.25) is 0 Å². The zero-order chi connectivity index (χ0) is 13.9. The van der Waals surface area contributed by atoms with Crippen molar-refractivity contribution in [3.05, 3.63) is 36.4 Å². The molecule has 0 saturated heterocycles. The van der Waals surface area contributed by atoms with Crippen molar-refractivity contribution < 1.29 is 14.1 Å². The van der Waals surface area contributed by atoms with E-state index in [9.17, 15) is 0 Å². The van der Waals surface area contributed by atoms with Gasteiger partial charge in [-0.3, -0.25) is 0 Å². The summed E-state index contributed by atoms with van der Waals surface area (Å²) in [5.74, 6) is 2.01. The quantitative estimate of drug-likeness (QED) is 0.734. The van der Waals surface area contributed by atoms with Gasteiger partial charge in [-0.25, -0.2) is 4.63 Å². The van der Waals surface area contributed by atoms with Crippen LogP contribution in [0.1, 0.15) is 6.92 Å². The first-order valence-corrected chi connectivity index (χ1v) is 6.19. The number of ether oxygens (including phenoxy) is 2. The second-order valence-electron chi connectivity index (χ2n) is 4.12. The zero-order valence-electron chi connectivity index (χ0n) is 10.9. The number of rotatable bonds is 4. The topological polar surface area (TPSA) is 83.4 Å². The van der Waals surface area contributed by atoms with Gasteiger partial charge in [-0.2, -0.15) is 0 Å². The van der Waals surface area contributed by atoms with Crippen molar-refractivity contribution in [2.45, 2.75) is 6.92 Å².